The molecule has 0 bridgehead atoms. The highest BCUT2D eigenvalue weighted by atomic mass is 32.1. The van der Waals surface area contributed by atoms with E-state index in [0.29, 0.717) is 6.04 Å². The Kier molecular flexibility index (Phi) is 4.73. The first-order chi connectivity index (χ1) is 10.3. The molecule has 1 aromatic carbocycles. The summed E-state index contributed by atoms with van der Waals surface area (Å²) in [5, 5.41) is 5.90. The fourth-order valence-corrected chi connectivity index (χ4v) is 4.82. The second kappa shape index (κ2) is 6.73. The number of hydrogen-bond donors (Lipinski definition) is 1. The first-order valence-electron chi connectivity index (χ1n) is 7.52. The van der Waals surface area contributed by atoms with Crippen LogP contribution >= 0.6 is 22.7 Å². The van der Waals surface area contributed by atoms with Crippen LogP contribution in [-0.4, -0.2) is 6.54 Å². The summed E-state index contributed by atoms with van der Waals surface area (Å²) < 4.78 is 2.84. The minimum atomic E-state index is 0.427. The Morgan fingerprint density at radius 2 is 2.05 bits per heavy atom. The van der Waals surface area contributed by atoms with Gasteiger partial charge < -0.3 is 5.32 Å². The molecular weight excluding hydrogens is 294 g/mol. The molecule has 0 aliphatic heterocycles. The predicted octanol–water partition coefficient (Wildman–Crippen LogP) is 5.55. The van der Waals surface area contributed by atoms with Crippen molar-refractivity contribution >= 4 is 32.1 Å². The Morgan fingerprint density at radius 3 is 2.81 bits per heavy atom. The van der Waals surface area contributed by atoms with Crippen LogP contribution in [0.5, 0.6) is 0 Å². The van der Waals surface area contributed by atoms with Crippen molar-refractivity contribution in [3.8, 4) is 0 Å². The minimum Gasteiger partial charge on any atom is -0.309 e. The third kappa shape index (κ3) is 3.54. The van der Waals surface area contributed by atoms with Crippen LogP contribution in [0.3, 0.4) is 0 Å². The van der Waals surface area contributed by atoms with E-state index < -0.39 is 0 Å². The molecule has 0 fully saturated rings. The smallest absolute Gasteiger partial charge is 0.0456 e. The Bertz CT molecular complexity index is 682. The molecule has 1 N–H and O–H groups in total. The zero-order valence-corrected chi connectivity index (χ0v) is 14.2. The van der Waals surface area contributed by atoms with E-state index in [1.54, 1.807) is 0 Å². The summed E-state index contributed by atoms with van der Waals surface area (Å²) in [5.74, 6) is 0. The van der Waals surface area contributed by atoms with Crippen molar-refractivity contribution in [1.29, 1.82) is 0 Å². The summed E-state index contributed by atoms with van der Waals surface area (Å²) in [7, 11) is 0. The average Bonchev–Trinajstić information content (AvgIpc) is 3.04. The van der Waals surface area contributed by atoms with E-state index >= 15 is 0 Å². The van der Waals surface area contributed by atoms with Crippen molar-refractivity contribution in [2.45, 2.75) is 32.7 Å². The zero-order valence-electron chi connectivity index (χ0n) is 12.6. The second-order valence-electron chi connectivity index (χ2n) is 5.50. The lowest BCUT2D eigenvalue weighted by molar-refractivity contribution is 0.537. The summed E-state index contributed by atoms with van der Waals surface area (Å²) >= 11 is 3.77. The van der Waals surface area contributed by atoms with Crippen molar-refractivity contribution in [2.75, 3.05) is 6.54 Å². The maximum Gasteiger partial charge on any atom is 0.0456 e. The predicted molar refractivity (Wildman–Crippen MR) is 95.6 cm³/mol. The average molecular weight is 316 g/mol. The largest absolute Gasteiger partial charge is 0.309 e. The molecule has 0 saturated heterocycles. The standard InChI is InChI=1S/C18H21NS2/c1-3-8-19-15(11-14-6-4-5-13(2)10-14)17-12-18-16(21-17)7-9-20-18/h4-7,9-10,12,15,19H,3,8,11H2,1-2H3. The topological polar surface area (TPSA) is 12.0 Å². The number of aryl methyl sites for hydroxylation is 1. The van der Waals surface area contributed by atoms with E-state index in [0.717, 1.165) is 13.0 Å². The minimum absolute atomic E-state index is 0.427. The lowest BCUT2D eigenvalue weighted by Gasteiger charge is -2.17. The number of hydrogen-bond acceptors (Lipinski definition) is 3. The van der Waals surface area contributed by atoms with Gasteiger partial charge in [0.1, 0.15) is 0 Å². The monoisotopic (exact) mass is 315 g/mol. The molecule has 3 aromatic rings. The summed E-state index contributed by atoms with van der Waals surface area (Å²) in [4.78, 5) is 1.46. The van der Waals surface area contributed by atoms with E-state index in [4.69, 9.17) is 0 Å². The van der Waals surface area contributed by atoms with Crippen LogP contribution in [0.25, 0.3) is 9.40 Å². The van der Waals surface area contributed by atoms with Gasteiger partial charge in [-0.05, 0) is 49.4 Å². The Morgan fingerprint density at radius 1 is 1.14 bits per heavy atom. The van der Waals surface area contributed by atoms with Crippen molar-refractivity contribution in [1.82, 2.24) is 5.32 Å². The number of fused-ring (bicyclic) bond motifs is 1. The van der Waals surface area contributed by atoms with Gasteiger partial charge in [-0.2, -0.15) is 0 Å². The number of benzene rings is 1. The molecule has 1 nitrogen and oxygen atoms in total. The molecule has 2 heterocycles. The van der Waals surface area contributed by atoms with Gasteiger partial charge in [-0.1, -0.05) is 36.8 Å². The molecule has 21 heavy (non-hydrogen) atoms. The van der Waals surface area contributed by atoms with Gasteiger partial charge in [-0.3, -0.25) is 0 Å². The summed E-state index contributed by atoms with van der Waals surface area (Å²) in [6.45, 7) is 5.46. The van der Waals surface area contributed by atoms with Gasteiger partial charge in [0.15, 0.2) is 0 Å². The van der Waals surface area contributed by atoms with Crippen molar-refractivity contribution < 1.29 is 0 Å². The quantitative estimate of drug-likeness (QED) is 0.628. The van der Waals surface area contributed by atoms with Crippen LogP contribution in [0.4, 0.5) is 0 Å². The first-order valence-corrected chi connectivity index (χ1v) is 9.21. The number of rotatable bonds is 6. The molecule has 3 rings (SSSR count). The summed E-state index contributed by atoms with van der Waals surface area (Å²) in [6.07, 6.45) is 2.24. The van der Waals surface area contributed by atoms with Crippen LogP contribution in [0.1, 0.15) is 35.4 Å². The summed E-state index contributed by atoms with van der Waals surface area (Å²) in [6, 6.07) is 13.9. The fourth-order valence-electron chi connectivity index (χ4n) is 2.62. The first kappa shape index (κ1) is 14.8. The Hall–Kier alpha value is -1.16. The normalized spacial score (nSPS) is 12.9. The Labute approximate surface area is 134 Å². The second-order valence-corrected chi connectivity index (χ2v) is 7.56. The van der Waals surface area contributed by atoms with E-state index in [9.17, 15) is 0 Å². The molecule has 2 aromatic heterocycles. The Balaban J connectivity index is 1.84. The van der Waals surface area contributed by atoms with Gasteiger partial charge in [0.2, 0.25) is 0 Å². The van der Waals surface area contributed by atoms with Crippen LogP contribution in [0.2, 0.25) is 0 Å². The van der Waals surface area contributed by atoms with E-state index in [1.807, 2.05) is 22.7 Å². The molecule has 0 aliphatic carbocycles. The van der Waals surface area contributed by atoms with Crippen molar-refractivity contribution in [3.63, 3.8) is 0 Å². The van der Waals surface area contributed by atoms with E-state index in [1.165, 1.54) is 31.8 Å². The lowest BCUT2D eigenvalue weighted by atomic mass is 10.0. The molecule has 0 amide bonds. The van der Waals surface area contributed by atoms with E-state index in [2.05, 4.69) is 60.9 Å². The number of nitrogens with one attached hydrogen (secondary N) is 1. The molecule has 0 spiro atoms. The molecule has 1 atom stereocenters. The third-order valence-corrected chi connectivity index (χ3v) is 5.87. The molecule has 0 radical (unpaired) electrons. The molecule has 0 aliphatic rings. The SMILES string of the molecule is CCCNC(Cc1cccc(C)c1)c1cc2sccc2s1. The van der Waals surface area contributed by atoms with Gasteiger partial charge in [0, 0.05) is 20.3 Å². The highest BCUT2D eigenvalue weighted by molar-refractivity contribution is 7.26. The van der Waals surface area contributed by atoms with Crippen molar-refractivity contribution in [3.05, 3.63) is 57.8 Å². The van der Waals surface area contributed by atoms with Crippen LogP contribution in [0.15, 0.2) is 41.8 Å². The highest BCUT2D eigenvalue weighted by Crippen LogP contribution is 2.34. The molecule has 0 saturated carbocycles. The molecule has 1 unspecified atom stereocenters. The maximum atomic E-state index is 3.72. The van der Waals surface area contributed by atoms with E-state index in [-0.39, 0.29) is 0 Å². The molecule has 3 heteroatoms. The van der Waals surface area contributed by atoms with Gasteiger partial charge in [0.05, 0.1) is 0 Å². The molecule has 110 valence electrons. The van der Waals surface area contributed by atoms with Gasteiger partial charge in [-0.15, -0.1) is 22.7 Å². The van der Waals surface area contributed by atoms with Crippen LogP contribution < -0.4 is 5.32 Å². The summed E-state index contributed by atoms with van der Waals surface area (Å²) in [5.41, 5.74) is 2.76. The fraction of sp³-hybridized carbons (Fsp3) is 0.333. The van der Waals surface area contributed by atoms with Crippen LogP contribution in [-0.2, 0) is 6.42 Å². The van der Waals surface area contributed by atoms with Gasteiger partial charge in [-0.25, -0.2) is 0 Å². The lowest BCUT2D eigenvalue weighted by Crippen LogP contribution is -2.23. The maximum absolute atomic E-state index is 3.72. The van der Waals surface area contributed by atoms with Crippen molar-refractivity contribution in [2.24, 2.45) is 0 Å². The number of thiophene rings is 2. The van der Waals surface area contributed by atoms with Gasteiger partial charge in [0.25, 0.3) is 0 Å². The molecular formula is C18H21NS2. The van der Waals surface area contributed by atoms with Gasteiger partial charge >= 0.3 is 0 Å². The third-order valence-electron chi connectivity index (χ3n) is 3.66. The van der Waals surface area contributed by atoms with Crippen LogP contribution in [0, 0.1) is 6.92 Å². The zero-order chi connectivity index (χ0) is 14.7. The highest BCUT2D eigenvalue weighted by Gasteiger charge is 2.15.